The number of amides is 2. The standard InChI is InChI=1S/C47H64N8O7S/c1-9-54-38-14-13-29-20-33(38)35(41(54)34-22-31(24-48-39(34)28(3)60-8)53-18-16-52(6)17-19-53)23-47(4,5)27-62-46(58)36-12-11-15-55(51-36)45(57)40(50-43(56)32-21-30(32)25-59-7)42(61-10-2)44-49-37(29)26-63-44/h13-14,20,22,24,26,28,30,32,36,40,42,51H,9-12,15-19,21,23,25,27H2,1-8H3,(H,50,56)/t28-,30+,32-,36-,40-,42-/m0/s1. The van der Waals surface area contributed by atoms with Gasteiger partial charge in [0.2, 0.25) is 5.91 Å². The van der Waals surface area contributed by atoms with Crippen LogP contribution in [0.1, 0.15) is 82.4 Å². The first-order chi connectivity index (χ1) is 30.3. The van der Waals surface area contributed by atoms with Gasteiger partial charge < -0.3 is 38.6 Å². The largest absolute Gasteiger partial charge is 0.464 e. The molecule has 15 nitrogen and oxygen atoms in total. The molecule has 2 N–H and O–H groups in total. The Labute approximate surface area is 374 Å². The minimum absolute atomic E-state index is 0.0906. The van der Waals surface area contributed by atoms with Crippen LogP contribution in [-0.2, 0) is 46.3 Å². The summed E-state index contributed by atoms with van der Waals surface area (Å²) < 4.78 is 26.2. The lowest BCUT2D eigenvalue weighted by molar-refractivity contribution is -0.156. The number of aromatic nitrogens is 3. The number of nitrogens with one attached hydrogen (secondary N) is 2. The summed E-state index contributed by atoms with van der Waals surface area (Å²) >= 11 is 1.40. The Bertz CT molecular complexity index is 2300. The maximum Gasteiger partial charge on any atom is 0.324 e. The first-order valence-corrected chi connectivity index (χ1v) is 23.4. The average Bonchev–Trinajstić information content (AvgIpc) is 3.77. The summed E-state index contributed by atoms with van der Waals surface area (Å²) in [4.78, 5) is 57.4. The second-order valence-electron chi connectivity index (χ2n) is 18.4. The molecule has 4 aromatic rings. The Morgan fingerprint density at radius 1 is 1.11 bits per heavy atom. The van der Waals surface area contributed by atoms with Crippen molar-refractivity contribution in [1.82, 2.24) is 35.2 Å². The molecule has 63 heavy (non-hydrogen) atoms. The first kappa shape index (κ1) is 45.1. The predicted octanol–water partition coefficient (Wildman–Crippen LogP) is 5.77. The summed E-state index contributed by atoms with van der Waals surface area (Å²) in [6, 6.07) is 6.92. The number of methoxy groups -OCH3 is 2. The van der Waals surface area contributed by atoms with Crippen molar-refractivity contribution in [3.63, 3.8) is 0 Å². The molecule has 3 aliphatic heterocycles. The maximum atomic E-state index is 14.6. The molecule has 6 bridgehead atoms. The van der Waals surface area contributed by atoms with Gasteiger partial charge in [0.25, 0.3) is 5.91 Å². The molecule has 340 valence electrons. The molecule has 4 aliphatic rings. The molecule has 0 spiro atoms. The Morgan fingerprint density at radius 2 is 1.90 bits per heavy atom. The number of nitrogens with zero attached hydrogens (tertiary/aromatic N) is 6. The van der Waals surface area contributed by atoms with Crippen molar-refractivity contribution >= 4 is 45.7 Å². The summed E-state index contributed by atoms with van der Waals surface area (Å²) in [5.41, 5.74) is 10.6. The van der Waals surface area contributed by atoms with Crippen LogP contribution in [0.15, 0.2) is 35.8 Å². The highest BCUT2D eigenvalue weighted by Gasteiger charge is 2.46. The summed E-state index contributed by atoms with van der Waals surface area (Å²) in [6.07, 6.45) is 3.18. The van der Waals surface area contributed by atoms with Gasteiger partial charge in [-0.15, -0.1) is 11.3 Å². The second-order valence-corrected chi connectivity index (χ2v) is 19.2. The van der Waals surface area contributed by atoms with Crippen LogP contribution in [0, 0.1) is 17.3 Å². The van der Waals surface area contributed by atoms with Crippen LogP contribution >= 0.6 is 11.3 Å². The number of ether oxygens (including phenoxy) is 4. The summed E-state index contributed by atoms with van der Waals surface area (Å²) in [6.45, 7) is 16.1. The number of piperazine rings is 1. The Kier molecular flexibility index (Phi) is 13.6. The molecule has 3 aromatic heterocycles. The number of hydrogen-bond donors (Lipinski definition) is 2. The lowest BCUT2D eigenvalue weighted by atomic mass is 9.84. The quantitative estimate of drug-likeness (QED) is 0.176. The molecule has 6 heterocycles. The third kappa shape index (κ3) is 9.39. The zero-order valence-corrected chi connectivity index (χ0v) is 38.9. The van der Waals surface area contributed by atoms with E-state index in [1.54, 1.807) is 14.2 Å². The van der Waals surface area contributed by atoms with E-state index in [2.05, 4.69) is 77.2 Å². The molecule has 6 atom stereocenters. The van der Waals surface area contributed by atoms with Gasteiger partial charge in [0, 0.05) is 105 Å². The van der Waals surface area contributed by atoms with Crippen LogP contribution in [0.3, 0.4) is 0 Å². The van der Waals surface area contributed by atoms with E-state index in [-0.39, 0.29) is 37.1 Å². The van der Waals surface area contributed by atoms with E-state index in [4.69, 9.17) is 28.9 Å². The van der Waals surface area contributed by atoms with Crippen molar-refractivity contribution in [2.24, 2.45) is 17.3 Å². The van der Waals surface area contributed by atoms with E-state index < -0.39 is 35.5 Å². The Morgan fingerprint density at radius 3 is 2.63 bits per heavy atom. The van der Waals surface area contributed by atoms with Gasteiger partial charge in [-0.05, 0) is 83.2 Å². The smallest absolute Gasteiger partial charge is 0.324 e. The number of thiazole rings is 1. The maximum absolute atomic E-state index is 14.6. The zero-order chi connectivity index (χ0) is 44.6. The SMILES string of the molecule is CCO[C@@H]1c2nc(cs2)-c2ccc3c(c2)c(c(-c2cc(N4CCN(C)CC4)cnc2[C@H](C)OC)n3CC)CC(C)(C)COC(=O)[C@@H]2CCCN(N2)C(=O)[C@H]1NC(=O)[C@H]1C[C@@H]1COC. The summed E-state index contributed by atoms with van der Waals surface area (Å²) in [7, 11) is 5.51. The monoisotopic (exact) mass is 884 g/mol. The molecule has 2 amide bonds. The number of benzene rings is 1. The van der Waals surface area contributed by atoms with Gasteiger partial charge in [-0.2, -0.15) is 0 Å². The van der Waals surface area contributed by atoms with Gasteiger partial charge in [-0.25, -0.2) is 10.4 Å². The molecule has 3 fully saturated rings. The molecular weight excluding hydrogens is 821 g/mol. The lowest BCUT2D eigenvalue weighted by Gasteiger charge is -2.37. The third-order valence-corrected chi connectivity index (χ3v) is 14.1. The predicted molar refractivity (Wildman–Crippen MR) is 243 cm³/mol. The van der Waals surface area contributed by atoms with E-state index in [0.717, 1.165) is 76.5 Å². The van der Waals surface area contributed by atoms with Crippen molar-refractivity contribution in [3.8, 4) is 22.5 Å². The van der Waals surface area contributed by atoms with Crippen molar-refractivity contribution in [2.75, 3.05) is 78.7 Å². The van der Waals surface area contributed by atoms with Crippen LogP contribution in [0.25, 0.3) is 33.4 Å². The molecule has 0 unspecified atom stereocenters. The molecule has 1 saturated carbocycles. The number of likely N-dealkylation sites (N-methyl/N-ethyl adjacent to an activating group) is 1. The molecule has 16 heteroatoms. The van der Waals surface area contributed by atoms with Gasteiger partial charge >= 0.3 is 5.97 Å². The fourth-order valence-electron chi connectivity index (χ4n) is 9.44. The highest BCUT2D eigenvalue weighted by molar-refractivity contribution is 7.10. The van der Waals surface area contributed by atoms with Crippen LogP contribution in [0.4, 0.5) is 5.69 Å². The van der Waals surface area contributed by atoms with Gasteiger partial charge in [0.05, 0.1) is 41.7 Å². The number of carbonyl (C=O) groups is 3. The number of cyclic esters (lactones) is 1. The fraction of sp³-hybridized carbons (Fsp3) is 0.596. The van der Waals surface area contributed by atoms with Crippen molar-refractivity contribution in [1.29, 1.82) is 0 Å². The highest BCUT2D eigenvalue weighted by atomic mass is 32.1. The molecule has 1 aliphatic carbocycles. The molecule has 0 radical (unpaired) electrons. The van der Waals surface area contributed by atoms with E-state index >= 15 is 0 Å². The molecular formula is C47H64N8O7S. The van der Waals surface area contributed by atoms with E-state index in [0.29, 0.717) is 50.4 Å². The van der Waals surface area contributed by atoms with Crippen molar-refractivity contribution < 1.29 is 33.3 Å². The molecule has 8 rings (SSSR count). The van der Waals surface area contributed by atoms with Crippen LogP contribution in [0.5, 0.6) is 0 Å². The van der Waals surface area contributed by atoms with Crippen LogP contribution < -0.4 is 15.6 Å². The number of esters is 1. The Hall–Kier alpha value is -4.45. The van der Waals surface area contributed by atoms with Gasteiger partial charge in [-0.3, -0.25) is 24.4 Å². The van der Waals surface area contributed by atoms with Crippen LogP contribution in [-0.4, -0.2) is 128 Å². The molecule has 2 saturated heterocycles. The normalized spacial score (nSPS) is 24.9. The lowest BCUT2D eigenvalue weighted by Crippen LogP contribution is -2.61. The highest BCUT2D eigenvalue weighted by Crippen LogP contribution is 2.44. The topological polar surface area (TPSA) is 153 Å². The third-order valence-electron chi connectivity index (χ3n) is 13.2. The van der Waals surface area contributed by atoms with Crippen molar-refractivity contribution in [3.05, 3.63) is 52.1 Å². The summed E-state index contributed by atoms with van der Waals surface area (Å²) in [5, 5.41) is 8.17. The number of carbonyl (C=O) groups excluding carboxylic acids is 3. The number of anilines is 1. The fourth-order valence-corrected chi connectivity index (χ4v) is 10.4. The van der Waals surface area contributed by atoms with Gasteiger partial charge in [-0.1, -0.05) is 19.9 Å². The van der Waals surface area contributed by atoms with Crippen molar-refractivity contribution in [2.45, 2.75) is 91.1 Å². The Balaban J connectivity index is 1.28. The molecule has 1 aromatic carbocycles. The van der Waals surface area contributed by atoms with Gasteiger partial charge in [0.15, 0.2) is 0 Å². The number of hydrogen-bond acceptors (Lipinski definition) is 13. The number of rotatable bonds is 11. The first-order valence-electron chi connectivity index (χ1n) is 22.6. The second kappa shape index (κ2) is 18.9. The number of aryl methyl sites for hydroxylation is 1. The minimum Gasteiger partial charge on any atom is -0.464 e. The number of pyridine rings is 1. The van der Waals surface area contributed by atoms with Gasteiger partial charge in [0.1, 0.15) is 23.2 Å². The zero-order valence-electron chi connectivity index (χ0n) is 38.1. The summed E-state index contributed by atoms with van der Waals surface area (Å²) in [5.74, 6) is -1.22. The average molecular weight is 885 g/mol. The van der Waals surface area contributed by atoms with Crippen LogP contribution in [0.2, 0.25) is 0 Å². The minimum atomic E-state index is -1.10. The van der Waals surface area contributed by atoms with E-state index in [1.165, 1.54) is 16.3 Å². The number of fused-ring (bicyclic) bond motifs is 6. The number of hydrazine groups is 1. The van der Waals surface area contributed by atoms with E-state index in [1.807, 2.05) is 25.4 Å². The van der Waals surface area contributed by atoms with E-state index in [9.17, 15) is 14.4 Å².